The number of unbranched alkanes of at least 4 members (excludes halogenated alkanes) is 1. The summed E-state index contributed by atoms with van der Waals surface area (Å²) in [5.41, 5.74) is 0. The molecule has 0 aromatic carbocycles. The van der Waals surface area contributed by atoms with E-state index >= 15 is 0 Å². The van der Waals surface area contributed by atoms with Crippen LogP contribution in [0.2, 0.25) is 8.95 Å². The van der Waals surface area contributed by atoms with Crippen LogP contribution >= 0.6 is 18.6 Å². The third kappa shape index (κ3) is 2.92. The third-order valence-electron chi connectivity index (χ3n) is 2.10. The predicted molar refractivity (Wildman–Crippen MR) is 53.5 cm³/mol. The van der Waals surface area contributed by atoms with Crippen molar-refractivity contribution in [3.63, 3.8) is 0 Å². The Bertz CT molecular complexity index is 185. The first-order valence-corrected chi connectivity index (χ1v) is 10.7. The van der Waals surface area contributed by atoms with Crippen LogP contribution in [0.5, 0.6) is 0 Å². The Kier molecular flexibility index (Phi) is 4.39. The second kappa shape index (κ2) is 4.86. The first kappa shape index (κ1) is 10.9. The van der Waals surface area contributed by atoms with E-state index in [2.05, 4.69) is 19.1 Å². The van der Waals surface area contributed by atoms with E-state index in [1.54, 1.807) is 0 Å². The summed E-state index contributed by atoms with van der Waals surface area (Å²) in [6, 6.07) is 0. The van der Waals surface area contributed by atoms with Crippen molar-refractivity contribution in [2.75, 3.05) is 0 Å². The van der Waals surface area contributed by atoms with Crippen LogP contribution in [0.1, 0.15) is 19.8 Å². The second-order valence-corrected chi connectivity index (χ2v) is 13.7. The van der Waals surface area contributed by atoms with E-state index in [1.807, 2.05) is 12.2 Å². The van der Waals surface area contributed by atoms with Gasteiger partial charge in [-0.05, 0) is 0 Å². The Hall–Kier alpha value is 0.774. The maximum atomic E-state index is 6.37. The molecule has 12 heavy (non-hydrogen) atoms. The number of hydrogen-bond donors (Lipinski definition) is 0. The van der Waals surface area contributed by atoms with Gasteiger partial charge in [-0.3, -0.25) is 0 Å². The molecule has 1 rings (SSSR count). The van der Waals surface area contributed by atoms with Crippen molar-refractivity contribution in [3.8, 4) is 0 Å². The molecule has 0 saturated carbocycles. The van der Waals surface area contributed by atoms with Crippen LogP contribution in [0.25, 0.3) is 0 Å². The quantitative estimate of drug-likeness (QED) is 0.632. The Morgan fingerprint density at radius 2 is 1.83 bits per heavy atom. The molecule has 0 bridgehead atoms. The van der Waals surface area contributed by atoms with Crippen LogP contribution < -0.4 is 0 Å². The summed E-state index contributed by atoms with van der Waals surface area (Å²) >= 11 is -2.52. The average Bonchev–Trinajstić information content (AvgIpc) is 2.53. The molecule has 68 valence electrons. The molecular weight excluding hydrogens is 227 g/mol. The predicted octanol–water partition coefficient (Wildman–Crippen LogP) is 4.58. The van der Waals surface area contributed by atoms with Crippen LogP contribution in [0, 0.1) is 0 Å². The van der Waals surface area contributed by atoms with Gasteiger partial charge in [-0.25, -0.2) is 0 Å². The van der Waals surface area contributed by atoms with Crippen molar-refractivity contribution in [2.24, 2.45) is 0 Å². The summed E-state index contributed by atoms with van der Waals surface area (Å²) in [6.07, 6.45) is 10.7. The van der Waals surface area contributed by atoms with Crippen LogP contribution in [-0.2, 0) is 14.5 Å². The first-order chi connectivity index (χ1) is 5.67. The first-order valence-electron chi connectivity index (χ1n) is 4.39. The van der Waals surface area contributed by atoms with Crippen molar-refractivity contribution in [2.45, 2.75) is 28.7 Å². The van der Waals surface area contributed by atoms with Crippen molar-refractivity contribution in [1.29, 1.82) is 0 Å². The molecule has 0 nitrogen and oxygen atoms in total. The van der Waals surface area contributed by atoms with Crippen LogP contribution in [0.15, 0.2) is 24.3 Å². The van der Waals surface area contributed by atoms with Gasteiger partial charge in [0.2, 0.25) is 0 Å². The zero-order valence-electron chi connectivity index (χ0n) is 7.26. The topological polar surface area (TPSA) is 0 Å². The summed E-state index contributed by atoms with van der Waals surface area (Å²) in [5, 5.41) is 0. The summed E-state index contributed by atoms with van der Waals surface area (Å²) in [5.74, 6) is 0. The maximum absolute atomic E-state index is 6.37. The van der Waals surface area contributed by atoms with Crippen molar-refractivity contribution >= 4 is 18.6 Å². The summed E-state index contributed by atoms with van der Waals surface area (Å²) < 4.78 is 1.44. The molecule has 0 aromatic heterocycles. The summed E-state index contributed by atoms with van der Waals surface area (Å²) in [7, 11) is 12.7. The van der Waals surface area contributed by atoms with Crippen molar-refractivity contribution in [3.05, 3.63) is 24.3 Å². The zero-order valence-corrected chi connectivity index (χ0v) is 10.3. The van der Waals surface area contributed by atoms with E-state index in [4.69, 9.17) is 18.6 Å². The SMILES string of the molecule is CCC[CH2][Ti]([Cl])([Cl])[CH]1C=CC=C1. The van der Waals surface area contributed by atoms with Crippen molar-refractivity contribution < 1.29 is 14.5 Å². The van der Waals surface area contributed by atoms with Gasteiger partial charge in [-0.15, -0.1) is 0 Å². The van der Waals surface area contributed by atoms with Crippen molar-refractivity contribution in [1.82, 2.24) is 0 Å². The van der Waals surface area contributed by atoms with E-state index in [9.17, 15) is 0 Å². The Balaban J connectivity index is 2.46. The monoisotopic (exact) mass is 240 g/mol. The Labute approximate surface area is 85.7 Å². The van der Waals surface area contributed by atoms with E-state index in [1.165, 1.54) is 12.8 Å². The summed E-state index contributed by atoms with van der Waals surface area (Å²) in [4.78, 5) is 0. The van der Waals surface area contributed by atoms with Gasteiger partial charge in [0.1, 0.15) is 0 Å². The third-order valence-corrected chi connectivity index (χ3v) is 9.45. The molecule has 0 N–H and O–H groups in total. The molecule has 0 aliphatic heterocycles. The molecule has 0 amide bonds. The number of rotatable bonds is 4. The summed E-state index contributed by atoms with van der Waals surface area (Å²) in [6.45, 7) is 2.17. The molecule has 1 aliphatic rings. The molecule has 0 heterocycles. The standard InChI is InChI=1S/C5H5.C4H9.2ClH.Ti/c1-2-4-5-3-1;1-3-4-2;;;/h1-5H;1,3-4H2,2H3;2*1H;/q;;;;+2/p-2. The fraction of sp³-hybridized carbons (Fsp3) is 0.556. The molecule has 0 aromatic rings. The van der Waals surface area contributed by atoms with Gasteiger partial charge in [0.05, 0.1) is 0 Å². The fourth-order valence-electron chi connectivity index (χ4n) is 1.29. The normalized spacial score (nSPS) is 17.6. The fourth-order valence-corrected chi connectivity index (χ4v) is 6.63. The van der Waals surface area contributed by atoms with Gasteiger partial charge in [-0.1, -0.05) is 0 Å². The van der Waals surface area contributed by atoms with E-state index in [-0.39, 0.29) is 0 Å². The Morgan fingerprint density at radius 3 is 2.33 bits per heavy atom. The molecule has 0 atom stereocenters. The number of halogens is 2. The Morgan fingerprint density at radius 1 is 1.25 bits per heavy atom. The molecule has 0 fully saturated rings. The van der Waals surface area contributed by atoms with Crippen LogP contribution in [0.3, 0.4) is 0 Å². The minimum absolute atomic E-state index is 0.389. The molecule has 0 spiro atoms. The van der Waals surface area contributed by atoms with Gasteiger partial charge in [0, 0.05) is 0 Å². The molecule has 0 unspecified atom stereocenters. The molecule has 1 aliphatic carbocycles. The number of allylic oxidation sites excluding steroid dienone is 4. The van der Waals surface area contributed by atoms with Gasteiger partial charge in [0.15, 0.2) is 0 Å². The van der Waals surface area contributed by atoms with E-state index < -0.39 is 14.5 Å². The van der Waals surface area contributed by atoms with Crippen LogP contribution in [0.4, 0.5) is 0 Å². The zero-order chi connectivity index (χ0) is 9.03. The molecule has 0 radical (unpaired) electrons. The molecule has 3 heteroatoms. The van der Waals surface area contributed by atoms with Gasteiger partial charge >= 0.3 is 86.1 Å². The van der Waals surface area contributed by atoms with Gasteiger partial charge in [0.25, 0.3) is 0 Å². The van der Waals surface area contributed by atoms with E-state index in [0.717, 1.165) is 4.73 Å². The molecule has 0 saturated heterocycles. The minimum atomic E-state index is -2.52. The second-order valence-electron chi connectivity index (χ2n) is 3.16. The number of hydrogen-bond acceptors (Lipinski definition) is 0. The van der Waals surface area contributed by atoms with Crippen LogP contribution in [-0.4, -0.2) is 0 Å². The average molecular weight is 241 g/mol. The van der Waals surface area contributed by atoms with Gasteiger partial charge < -0.3 is 0 Å². The van der Waals surface area contributed by atoms with E-state index in [0.29, 0.717) is 4.22 Å². The molecular formula is C9H14Cl2Ti. The van der Waals surface area contributed by atoms with Gasteiger partial charge in [-0.2, -0.15) is 0 Å².